The zero-order chi connectivity index (χ0) is 58.4. The minimum atomic E-state index is -4.37. The lowest BCUT2D eigenvalue weighted by Crippen LogP contribution is -2.45. The summed E-state index contributed by atoms with van der Waals surface area (Å²) in [5.74, 6) is -0.193. The zero-order valence-corrected chi connectivity index (χ0v) is 53.7. The van der Waals surface area contributed by atoms with Crippen LogP contribution in [-0.2, 0) is 18.4 Å². The molecule has 0 radical (unpaired) electrons. The standard InChI is InChI=1S/C71H127N2O6P/c1-6-8-10-12-14-16-18-20-22-24-26-28-30-32-34-35-36-37-39-41-43-45-47-49-51-53-55-57-59-61-63-65-71(75)72-69(68-79-80(76,77)78-67-66-73(3,4)5)70(74)64-62-60-58-56-54-52-50-48-46-44-42-40-38-33-31-29-27-25-23-21-19-17-15-13-11-9-7-2/h8,10,14,16,20,22,26,28,32,34,36-37,41,43,47,49,62,64,69-70,74H,6-7,9,11-13,15,17-19,21,23-25,27,29-31,33,35,38-40,42,44-46,48,50-61,63,65-68H2,1-5H3,(H-,72,75,76,77)/p+1/b10-8-,16-14-,22-20-,28-26-,34-32-,37-36-,43-41-,49-47-,64-62+. The second-order valence-corrected chi connectivity index (χ2v) is 24.9. The number of allylic oxidation sites excluding steroid dienone is 17. The molecule has 9 heteroatoms. The molecule has 0 aliphatic carbocycles. The summed E-state index contributed by atoms with van der Waals surface area (Å²) in [7, 11) is 1.55. The molecule has 0 aromatic carbocycles. The highest BCUT2D eigenvalue weighted by Crippen LogP contribution is 2.43. The summed E-state index contributed by atoms with van der Waals surface area (Å²) in [5, 5.41) is 14.0. The number of phosphoric ester groups is 1. The van der Waals surface area contributed by atoms with Gasteiger partial charge < -0.3 is 19.8 Å². The number of amides is 1. The number of nitrogens with one attached hydrogen (secondary N) is 1. The maximum atomic E-state index is 13.0. The molecule has 0 aliphatic heterocycles. The second-order valence-electron chi connectivity index (χ2n) is 23.5. The molecule has 3 unspecified atom stereocenters. The van der Waals surface area contributed by atoms with Crippen molar-refractivity contribution in [2.75, 3.05) is 40.9 Å². The van der Waals surface area contributed by atoms with Gasteiger partial charge in [0.2, 0.25) is 5.91 Å². The average Bonchev–Trinajstić information content (AvgIpc) is 3.42. The molecule has 0 heterocycles. The Hall–Kier alpha value is -2.84. The van der Waals surface area contributed by atoms with Crippen LogP contribution in [-0.4, -0.2) is 73.4 Å². The fourth-order valence-electron chi connectivity index (χ4n) is 9.35. The molecule has 0 aromatic heterocycles. The Labute approximate surface area is 495 Å². The quantitative estimate of drug-likeness (QED) is 0.0243. The number of aliphatic hydroxyl groups excluding tert-OH is 1. The molecule has 0 rings (SSSR count). The molecule has 462 valence electrons. The van der Waals surface area contributed by atoms with Gasteiger partial charge in [0.25, 0.3) is 0 Å². The van der Waals surface area contributed by atoms with Gasteiger partial charge in [-0.05, 0) is 83.5 Å². The highest BCUT2D eigenvalue weighted by molar-refractivity contribution is 7.47. The van der Waals surface area contributed by atoms with Crippen LogP contribution in [0, 0.1) is 0 Å². The van der Waals surface area contributed by atoms with E-state index in [9.17, 15) is 19.4 Å². The van der Waals surface area contributed by atoms with Gasteiger partial charge in [0.05, 0.1) is 39.9 Å². The number of carbonyl (C=O) groups is 1. The predicted octanol–water partition coefficient (Wildman–Crippen LogP) is 21.1. The van der Waals surface area contributed by atoms with E-state index in [-0.39, 0.29) is 19.1 Å². The van der Waals surface area contributed by atoms with Crippen LogP contribution >= 0.6 is 7.82 Å². The maximum absolute atomic E-state index is 13.0. The van der Waals surface area contributed by atoms with Crippen LogP contribution in [0.5, 0.6) is 0 Å². The Morgan fingerprint density at radius 3 is 1.10 bits per heavy atom. The number of hydrogen-bond donors (Lipinski definition) is 3. The molecular weight excluding hydrogens is 1010 g/mol. The van der Waals surface area contributed by atoms with Crippen molar-refractivity contribution < 1.29 is 32.9 Å². The van der Waals surface area contributed by atoms with Crippen molar-refractivity contribution >= 4 is 13.7 Å². The molecule has 3 atom stereocenters. The Morgan fingerprint density at radius 1 is 0.438 bits per heavy atom. The van der Waals surface area contributed by atoms with Gasteiger partial charge in [0.15, 0.2) is 0 Å². The molecule has 8 nitrogen and oxygen atoms in total. The monoisotopic (exact) mass is 1140 g/mol. The summed E-state index contributed by atoms with van der Waals surface area (Å²) in [5.41, 5.74) is 0. The molecule has 0 fully saturated rings. The Balaban J connectivity index is 4.20. The van der Waals surface area contributed by atoms with Crippen molar-refractivity contribution in [3.05, 3.63) is 109 Å². The average molecular weight is 1140 g/mol. The molecular formula is C71H128N2O6P+. The van der Waals surface area contributed by atoms with Crippen LogP contribution in [0.2, 0.25) is 0 Å². The second kappa shape index (κ2) is 60.7. The summed E-state index contributed by atoms with van der Waals surface area (Å²) < 4.78 is 23.8. The minimum absolute atomic E-state index is 0.0531. The van der Waals surface area contributed by atoms with Gasteiger partial charge in [-0.2, -0.15) is 0 Å². The van der Waals surface area contributed by atoms with Gasteiger partial charge in [-0.3, -0.25) is 13.8 Å². The zero-order valence-electron chi connectivity index (χ0n) is 52.8. The van der Waals surface area contributed by atoms with E-state index in [1.165, 1.54) is 161 Å². The number of aliphatic hydroxyl groups is 1. The van der Waals surface area contributed by atoms with Gasteiger partial charge in [0.1, 0.15) is 13.2 Å². The van der Waals surface area contributed by atoms with Crippen LogP contribution < -0.4 is 5.32 Å². The molecule has 1 amide bonds. The van der Waals surface area contributed by atoms with E-state index < -0.39 is 20.0 Å². The summed E-state index contributed by atoms with van der Waals surface area (Å²) in [6.45, 7) is 4.71. The van der Waals surface area contributed by atoms with Crippen LogP contribution in [0.4, 0.5) is 0 Å². The number of unbranched alkanes of at least 4 members (excludes halogenated alkanes) is 31. The first kappa shape index (κ1) is 77.2. The van der Waals surface area contributed by atoms with Gasteiger partial charge >= 0.3 is 7.82 Å². The first-order valence-corrected chi connectivity index (χ1v) is 34.8. The van der Waals surface area contributed by atoms with E-state index in [0.29, 0.717) is 17.4 Å². The van der Waals surface area contributed by atoms with E-state index >= 15 is 0 Å². The topological polar surface area (TPSA) is 105 Å². The third-order valence-electron chi connectivity index (χ3n) is 14.5. The fraction of sp³-hybridized carbons (Fsp3) is 0.732. The van der Waals surface area contributed by atoms with Crippen LogP contribution in [0.1, 0.15) is 284 Å². The first-order valence-electron chi connectivity index (χ1n) is 33.3. The first-order chi connectivity index (χ1) is 39.0. The summed E-state index contributed by atoms with van der Waals surface area (Å²) in [6, 6.07) is -0.864. The van der Waals surface area contributed by atoms with Crippen molar-refractivity contribution in [2.45, 2.75) is 296 Å². The fourth-order valence-corrected chi connectivity index (χ4v) is 10.1. The summed E-state index contributed by atoms with van der Waals surface area (Å²) in [4.78, 5) is 23.4. The Kier molecular flexibility index (Phi) is 58.6. The van der Waals surface area contributed by atoms with Crippen molar-refractivity contribution in [2.24, 2.45) is 0 Å². The molecule has 0 spiro atoms. The number of likely N-dealkylation sites (N-methyl/N-ethyl adjacent to an activating group) is 1. The highest BCUT2D eigenvalue weighted by Gasteiger charge is 2.28. The van der Waals surface area contributed by atoms with E-state index in [2.05, 4.69) is 116 Å². The van der Waals surface area contributed by atoms with Gasteiger partial charge in [-0.1, -0.05) is 303 Å². The molecule has 0 saturated carbocycles. The summed E-state index contributed by atoms with van der Waals surface area (Å²) in [6.07, 6.45) is 89.3. The lowest BCUT2D eigenvalue weighted by Gasteiger charge is -2.25. The van der Waals surface area contributed by atoms with E-state index in [0.717, 1.165) is 103 Å². The number of quaternary nitrogens is 1. The lowest BCUT2D eigenvalue weighted by molar-refractivity contribution is -0.870. The summed E-state index contributed by atoms with van der Waals surface area (Å²) >= 11 is 0. The largest absolute Gasteiger partial charge is 0.472 e. The predicted molar refractivity (Wildman–Crippen MR) is 350 cm³/mol. The smallest absolute Gasteiger partial charge is 0.387 e. The number of phosphoric acid groups is 1. The normalized spacial score (nSPS) is 14.4. The van der Waals surface area contributed by atoms with Crippen molar-refractivity contribution in [3.8, 4) is 0 Å². The maximum Gasteiger partial charge on any atom is 0.472 e. The van der Waals surface area contributed by atoms with Crippen LogP contribution in [0.15, 0.2) is 109 Å². The molecule has 3 N–H and O–H groups in total. The van der Waals surface area contributed by atoms with Crippen LogP contribution in [0.3, 0.4) is 0 Å². The third-order valence-corrected chi connectivity index (χ3v) is 15.5. The van der Waals surface area contributed by atoms with Crippen molar-refractivity contribution in [1.82, 2.24) is 5.32 Å². The minimum Gasteiger partial charge on any atom is -0.387 e. The van der Waals surface area contributed by atoms with Crippen molar-refractivity contribution in [1.29, 1.82) is 0 Å². The molecule has 0 bridgehead atoms. The molecule has 0 aliphatic rings. The number of carbonyl (C=O) groups excluding carboxylic acids is 1. The molecule has 0 saturated heterocycles. The lowest BCUT2D eigenvalue weighted by atomic mass is 10.0. The number of hydrogen-bond acceptors (Lipinski definition) is 5. The van der Waals surface area contributed by atoms with Gasteiger partial charge in [-0.15, -0.1) is 0 Å². The van der Waals surface area contributed by atoms with Gasteiger partial charge in [0, 0.05) is 6.42 Å². The van der Waals surface area contributed by atoms with E-state index in [1.807, 2.05) is 27.2 Å². The van der Waals surface area contributed by atoms with Crippen LogP contribution in [0.25, 0.3) is 0 Å². The number of rotatable bonds is 60. The SMILES string of the molecule is CC/C=C\C/C=C\C/C=C\C/C=C\C/C=C\C/C=C\C/C=C\C/C=C\CCCCCCCCC(=O)NC(COP(=O)(O)OCC[N+](C)(C)C)C(O)/C=C/CCCCCCCCCCCCCCCCCCCCCCCCCCC. The third kappa shape index (κ3) is 62.8. The number of nitrogens with zero attached hydrogens (tertiary/aromatic N) is 1. The van der Waals surface area contributed by atoms with Gasteiger partial charge in [-0.25, -0.2) is 4.57 Å². The van der Waals surface area contributed by atoms with E-state index in [1.54, 1.807) is 6.08 Å². The Bertz CT molecular complexity index is 1670. The van der Waals surface area contributed by atoms with Crippen molar-refractivity contribution in [3.63, 3.8) is 0 Å². The highest BCUT2D eigenvalue weighted by atomic mass is 31.2. The Morgan fingerprint density at radius 2 is 0.750 bits per heavy atom. The molecule has 0 aromatic rings. The molecule has 80 heavy (non-hydrogen) atoms. The van der Waals surface area contributed by atoms with E-state index in [4.69, 9.17) is 9.05 Å².